The fraction of sp³-hybridized carbons (Fsp3) is 0.647. The Labute approximate surface area is 116 Å². The zero-order chi connectivity index (χ0) is 13.5. The van der Waals surface area contributed by atoms with Gasteiger partial charge < -0.3 is 4.74 Å². The van der Waals surface area contributed by atoms with Gasteiger partial charge in [0, 0.05) is 24.4 Å². The van der Waals surface area contributed by atoms with Crippen LogP contribution < -0.4 is 10.1 Å². The first kappa shape index (κ1) is 13.0. The zero-order valence-electron chi connectivity index (χ0n) is 12.3. The molecular formula is C17H25NO. The largest absolute Gasteiger partial charge is 0.472 e. The Morgan fingerprint density at radius 1 is 1.26 bits per heavy atom. The third kappa shape index (κ3) is 2.27. The SMILES string of the molecule is CC1CCC(C(C)C)C2(C1)NCc1ccccc1O2. The minimum atomic E-state index is -0.139. The molecular weight excluding hydrogens is 234 g/mol. The van der Waals surface area contributed by atoms with Crippen LogP contribution in [0, 0.1) is 17.8 Å². The van der Waals surface area contributed by atoms with Crippen LogP contribution in [0.25, 0.3) is 0 Å². The maximum absolute atomic E-state index is 6.49. The molecule has 2 heteroatoms. The lowest BCUT2D eigenvalue weighted by Gasteiger charge is -2.50. The molecule has 3 atom stereocenters. The van der Waals surface area contributed by atoms with Crippen LogP contribution in [-0.2, 0) is 6.54 Å². The molecule has 0 bridgehead atoms. The number of fused-ring (bicyclic) bond motifs is 1. The Kier molecular flexibility index (Phi) is 3.30. The fourth-order valence-electron chi connectivity index (χ4n) is 3.89. The van der Waals surface area contributed by atoms with Gasteiger partial charge in [0.05, 0.1) is 0 Å². The summed E-state index contributed by atoms with van der Waals surface area (Å²) in [7, 11) is 0. The third-order valence-electron chi connectivity index (χ3n) is 4.87. The van der Waals surface area contributed by atoms with Crippen molar-refractivity contribution in [1.29, 1.82) is 0 Å². The van der Waals surface area contributed by atoms with Crippen LogP contribution in [0.15, 0.2) is 24.3 Å². The molecule has 1 heterocycles. The zero-order valence-corrected chi connectivity index (χ0v) is 12.3. The van der Waals surface area contributed by atoms with E-state index in [0.717, 1.165) is 24.6 Å². The Morgan fingerprint density at radius 3 is 2.84 bits per heavy atom. The van der Waals surface area contributed by atoms with E-state index in [4.69, 9.17) is 4.74 Å². The highest BCUT2D eigenvalue weighted by atomic mass is 16.5. The fourth-order valence-corrected chi connectivity index (χ4v) is 3.89. The molecule has 0 radical (unpaired) electrons. The van der Waals surface area contributed by atoms with Crippen molar-refractivity contribution in [1.82, 2.24) is 5.32 Å². The van der Waals surface area contributed by atoms with Gasteiger partial charge in [-0.3, -0.25) is 5.32 Å². The second kappa shape index (κ2) is 4.82. The lowest BCUT2D eigenvalue weighted by molar-refractivity contribution is -0.0947. The van der Waals surface area contributed by atoms with E-state index in [-0.39, 0.29) is 5.72 Å². The number of nitrogens with one attached hydrogen (secondary N) is 1. The van der Waals surface area contributed by atoms with Crippen molar-refractivity contribution in [2.45, 2.75) is 52.3 Å². The van der Waals surface area contributed by atoms with Crippen molar-refractivity contribution in [3.05, 3.63) is 29.8 Å². The van der Waals surface area contributed by atoms with E-state index >= 15 is 0 Å². The third-order valence-corrected chi connectivity index (χ3v) is 4.87. The molecule has 1 aliphatic carbocycles. The van der Waals surface area contributed by atoms with E-state index in [0.29, 0.717) is 11.8 Å². The van der Waals surface area contributed by atoms with Crippen molar-refractivity contribution in [3.63, 3.8) is 0 Å². The van der Waals surface area contributed by atoms with Crippen LogP contribution in [0.3, 0.4) is 0 Å². The molecule has 2 aliphatic rings. The average molecular weight is 259 g/mol. The van der Waals surface area contributed by atoms with Gasteiger partial charge in [0.2, 0.25) is 0 Å². The van der Waals surface area contributed by atoms with Crippen molar-refractivity contribution in [2.24, 2.45) is 17.8 Å². The number of rotatable bonds is 1. The van der Waals surface area contributed by atoms with E-state index < -0.39 is 0 Å². The second-order valence-electron chi connectivity index (χ2n) is 6.69. The van der Waals surface area contributed by atoms with Gasteiger partial charge in [0.15, 0.2) is 5.72 Å². The number of hydrogen-bond acceptors (Lipinski definition) is 2. The summed E-state index contributed by atoms with van der Waals surface area (Å²) in [4.78, 5) is 0. The Balaban J connectivity index is 1.93. The predicted octanol–water partition coefficient (Wildman–Crippen LogP) is 3.96. The highest BCUT2D eigenvalue weighted by molar-refractivity contribution is 5.35. The molecule has 1 aromatic carbocycles. The lowest BCUT2D eigenvalue weighted by atomic mass is 9.70. The van der Waals surface area contributed by atoms with Crippen molar-refractivity contribution >= 4 is 0 Å². The van der Waals surface area contributed by atoms with E-state index in [9.17, 15) is 0 Å². The minimum absolute atomic E-state index is 0.139. The summed E-state index contributed by atoms with van der Waals surface area (Å²) in [5, 5.41) is 3.73. The molecule has 104 valence electrons. The van der Waals surface area contributed by atoms with Gasteiger partial charge in [-0.2, -0.15) is 0 Å². The molecule has 2 nitrogen and oxygen atoms in total. The maximum atomic E-state index is 6.49. The van der Waals surface area contributed by atoms with E-state index in [2.05, 4.69) is 50.4 Å². The number of hydrogen-bond donors (Lipinski definition) is 1. The molecule has 1 aliphatic heterocycles. The molecule has 19 heavy (non-hydrogen) atoms. The molecule has 1 spiro atoms. The summed E-state index contributed by atoms with van der Waals surface area (Å²) in [5.74, 6) is 3.09. The number of benzene rings is 1. The van der Waals surface area contributed by atoms with Gasteiger partial charge in [-0.1, -0.05) is 45.4 Å². The van der Waals surface area contributed by atoms with Gasteiger partial charge in [0.25, 0.3) is 0 Å². The summed E-state index contributed by atoms with van der Waals surface area (Å²) in [6.45, 7) is 7.94. The topological polar surface area (TPSA) is 21.3 Å². The number of ether oxygens (including phenoxy) is 1. The summed E-state index contributed by atoms with van der Waals surface area (Å²) < 4.78 is 6.49. The molecule has 1 saturated carbocycles. The number of para-hydroxylation sites is 1. The average Bonchev–Trinajstić information content (AvgIpc) is 2.38. The highest BCUT2D eigenvalue weighted by Gasteiger charge is 2.47. The van der Waals surface area contributed by atoms with Crippen molar-refractivity contribution in [3.8, 4) is 5.75 Å². The van der Waals surface area contributed by atoms with Crippen molar-refractivity contribution in [2.75, 3.05) is 0 Å². The lowest BCUT2D eigenvalue weighted by Crippen LogP contribution is -2.61. The van der Waals surface area contributed by atoms with Gasteiger partial charge in [-0.25, -0.2) is 0 Å². The summed E-state index contributed by atoms with van der Waals surface area (Å²) in [5.41, 5.74) is 1.15. The van der Waals surface area contributed by atoms with Crippen LogP contribution in [0.4, 0.5) is 0 Å². The predicted molar refractivity (Wildman–Crippen MR) is 78.0 cm³/mol. The van der Waals surface area contributed by atoms with Gasteiger partial charge in [0.1, 0.15) is 5.75 Å². The van der Waals surface area contributed by atoms with Crippen LogP contribution in [0.1, 0.15) is 45.6 Å². The molecule has 1 aromatic rings. The van der Waals surface area contributed by atoms with Crippen LogP contribution in [0.2, 0.25) is 0 Å². The Hall–Kier alpha value is -1.02. The molecule has 3 unspecified atom stereocenters. The molecule has 0 saturated heterocycles. The quantitative estimate of drug-likeness (QED) is 0.824. The molecule has 1 N–H and O–H groups in total. The second-order valence-corrected chi connectivity index (χ2v) is 6.69. The Bertz CT molecular complexity index is 456. The summed E-state index contributed by atoms with van der Waals surface area (Å²) >= 11 is 0. The standard InChI is InChI=1S/C17H25NO/c1-12(2)15-9-8-13(3)10-17(15)18-11-14-6-4-5-7-16(14)19-17/h4-7,12-13,15,18H,8-11H2,1-3H3. The molecule has 0 aromatic heterocycles. The Morgan fingerprint density at radius 2 is 2.05 bits per heavy atom. The monoisotopic (exact) mass is 259 g/mol. The summed E-state index contributed by atoms with van der Waals surface area (Å²) in [6.07, 6.45) is 3.73. The van der Waals surface area contributed by atoms with Crippen LogP contribution in [0.5, 0.6) is 5.75 Å². The van der Waals surface area contributed by atoms with E-state index in [1.54, 1.807) is 0 Å². The van der Waals surface area contributed by atoms with Crippen LogP contribution in [-0.4, -0.2) is 5.72 Å². The molecule has 0 amide bonds. The van der Waals surface area contributed by atoms with Gasteiger partial charge >= 0.3 is 0 Å². The normalized spacial score (nSPS) is 34.1. The highest BCUT2D eigenvalue weighted by Crippen LogP contribution is 2.44. The van der Waals surface area contributed by atoms with E-state index in [1.165, 1.54) is 18.4 Å². The minimum Gasteiger partial charge on any atom is -0.472 e. The first-order valence-electron chi connectivity index (χ1n) is 7.63. The first-order valence-corrected chi connectivity index (χ1v) is 7.63. The summed E-state index contributed by atoms with van der Waals surface area (Å²) in [6, 6.07) is 8.44. The van der Waals surface area contributed by atoms with Gasteiger partial charge in [-0.05, 0) is 24.3 Å². The smallest absolute Gasteiger partial charge is 0.164 e. The van der Waals surface area contributed by atoms with Crippen LogP contribution >= 0.6 is 0 Å². The maximum Gasteiger partial charge on any atom is 0.164 e. The van der Waals surface area contributed by atoms with Gasteiger partial charge in [-0.15, -0.1) is 0 Å². The molecule has 1 fully saturated rings. The van der Waals surface area contributed by atoms with E-state index in [1.807, 2.05) is 0 Å². The first-order chi connectivity index (χ1) is 9.11. The van der Waals surface area contributed by atoms with Crippen molar-refractivity contribution < 1.29 is 4.74 Å². The molecule has 3 rings (SSSR count).